The number of aromatic nitrogens is 5. The standard InChI is InChI=1S/C34H25N5/c1-2-3-4-14-30-35-22-29(36-30)24-18-16-23(17-19-24)25-10-9-11-26(21-25)32-27-12-5-6-13-28(27)33-34(38-32)39-20-8-7-15-31(39)37-33/h2-22H,1H3,(H,35,36)/b3-2-,14-4-. The van der Waals surface area contributed by atoms with Gasteiger partial charge >= 0.3 is 0 Å². The second-order valence-corrected chi connectivity index (χ2v) is 9.43. The summed E-state index contributed by atoms with van der Waals surface area (Å²) in [6.45, 7) is 1.99. The number of hydrogen-bond acceptors (Lipinski definition) is 3. The SMILES string of the molecule is C/C=C\C=C/c1nc(-c2ccc(-c3cccc(-c4nc5c(nc6ccccn65)c5ccccc45)c3)cc2)c[nH]1. The first-order chi connectivity index (χ1) is 19.3. The van der Waals surface area contributed by atoms with Gasteiger partial charge in [0.25, 0.3) is 0 Å². The van der Waals surface area contributed by atoms with E-state index < -0.39 is 0 Å². The molecule has 0 saturated carbocycles. The summed E-state index contributed by atoms with van der Waals surface area (Å²) in [5, 5.41) is 2.20. The highest BCUT2D eigenvalue weighted by atomic mass is 15.1. The maximum absolute atomic E-state index is 5.16. The molecule has 0 aliphatic rings. The average Bonchev–Trinajstić information content (AvgIpc) is 3.62. The third-order valence-electron chi connectivity index (χ3n) is 6.97. The van der Waals surface area contributed by atoms with Crippen molar-refractivity contribution in [1.29, 1.82) is 0 Å². The van der Waals surface area contributed by atoms with E-state index >= 15 is 0 Å². The Balaban J connectivity index is 1.28. The molecule has 39 heavy (non-hydrogen) atoms. The van der Waals surface area contributed by atoms with Crippen molar-refractivity contribution in [3.8, 4) is 33.6 Å². The van der Waals surface area contributed by atoms with Crippen LogP contribution in [0.15, 0.2) is 122 Å². The molecular weight excluding hydrogens is 478 g/mol. The van der Waals surface area contributed by atoms with Crippen LogP contribution in [0.3, 0.4) is 0 Å². The van der Waals surface area contributed by atoms with Crippen molar-refractivity contribution in [2.75, 3.05) is 0 Å². The molecule has 0 aliphatic heterocycles. The van der Waals surface area contributed by atoms with E-state index in [2.05, 4.69) is 87.2 Å². The molecule has 4 heterocycles. The zero-order valence-corrected chi connectivity index (χ0v) is 21.4. The normalized spacial score (nSPS) is 12.0. The minimum Gasteiger partial charge on any atom is -0.344 e. The Morgan fingerprint density at radius 1 is 0.692 bits per heavy atom. The number of nitrogens with one attached hydrogen (secondary N) is 1. The summed E-state index contributed by atoms with van der Waals surface area (Å²) in [5.74, 6) is 0.836. The lowest BCUT2D eigenvalue weighted by molar-refractivity contribution is 1.19. The minimum absolute atomic E-state index is 0.836. The Morgan fingerprint density at radius 3 is 2.36 bits per heavy atom. The van der Waals surface area contributed by atoms with Gasteiger partial charge in [-0.3, -0.25) is 4.40 Å². The van der Waals surface area contributed by atoms with Crippen molar-refractivity contribution < 1.29 is 0 Å². The molecule has 0 spiro atoms. The third kappa shape index (κ3) is 4.10. The van der Waals surface area contributed by atoms with Crippen LogP contribution in [0.4, 0.5) is 0 Å². The van der Waals surface area contributed by atoms with Crippen molar-refractivity contribution >= 4 is 33.7 Å². The van der Waals surface area contributed by atoms with Crippen LogP contribution in [-0.4, -0.2) is 24.3 Å². The first-order valence-electron chi connectivity index (χ1n) is 13.0. The van der Waals surface area contributed by atoms with Crippen LogP contribution in [0, 0.1) is 0 Å². The van der Waals surface area contributed by atoms with Gasteiger partial charge in [-0.15, -0.1) is 0 Å². The highest BCUT2D eigenvalue weighted by molar-refractivity contribution is 6.09. The Labute approximate surface area is 225 Å². The first kappa shape index (κ1) is 22.9. The lowest BCUT2D eigenvalue weighted by Crippen LogP contribution is -1.92. The van der Waals surface area contributed by atoms with E-state index in [9.17, 15) is 0 Å². The van der Waals surface area contributed by atoms with Gasteiger partial charge in [0.1, 0.15) is 17.0 Å². The Bertz CT molecular complexity index is 2020. The largest absolute Gasteiger partial charge is 0.344 e. The number of hydrogen-bond donors (Lipinski definition) is 1. The average molecular weight is 504 g/mol. The molecule has 5 nitrogen and oxygen atoms in total. The number of rotatable bonds is 5. The molecule has 3 aromatic carbocycles. The predicted molar refractivity (Wildman–Crippen MR) is 160 cm³/mol. The maximum Gasteiger partial charge on any atom is 0.165 e. The highest BCUT2D eigenvalue weighted by Gasteiger charge is 2.15. The smallest absolute Gasteiger partial charge is 0.165 e. The molecule has 0 fully saturated rings. The van der Waals surface area contributed by atoms with E-state index in [-0.39, 0.29) is 0 Å². The molecule has 0 bridgehead atoms. The van der Waals surface area contributed by atoms with Crippen LogP contribution < -0.4 is 0 Å². The number of allylic oxidation sites excluding steroid dienone is 3. The molecule has 186 valence electrons. The first-order valence-corrected chi connectivity index (χ1v) is 13.0. The molecular formula is C34H25N5. The van der Waals surface area contributed by atoms with E-state index in [1.807, 2.05) is 61.8 Å². The van der Waals surface area contributed by atoms with Gasteiger partial charge < -0.3 is 4.98 Å². The summed E-state index contributed by atoms with van der Waals surface area (Å²) in [7, 11) is 0. The Kier molecular flexibility index (Phi) is 5.60. The zero-order chi connectivity index (χ0) is 26.2. The van der Waals surface area contributed by atoms with Crippen LogP contribution in [0.1, 0.15) is 12.7 Å². The lowest BCUT2D eigenvalue weighted by atomic mass is 9.98. The number of aromatic amines is 1. The van der Waals surface area contributed by atoms with Crippen LogP contribution >= 0.6 is 0 Å². The van der Waals surface area contributed by atoms with E-state index in [4.69, 9.17) is 9.97 Å². The van der Waals surface area contributed by atoms with E-state index in [0.717, 1.165) is 67.0 Å². The molecule has 0 amide bonds. The molecule has 5 heteroatoms. The molecule has 0 atom stereocenters. The molecule has 7 aromatic rings. The molecule has 4 aromatic heterocycles. The lowest BCUT2D eigenvalue weighted by Gasteiger charge is -2.10. The third-order valence-corrected chi connectivity index (χ3v) is 6.97. The minimum atomic E-state index is 0.836. The van der Waals surface area contributed by atoms with E-state index in [0.29, 0.717) is 0 Å². The van der Waals surface area contributed by atoms with Crippen molar-refractivity contribution in [3.63, 3.8) is 0 Å². The summed E-state index contributed by atoms with van der Waals surface area (Å²) < 4.78 is 2.06. The van der Waals surface area contributed by atoms with Crippen molar-refractivity contribution in [2.24, 2.45) is 0 Å². The number of nitrogens with zero attached hydrogens (tertiary/aromatic N) is 4. The van der Waals surface area contributed by atoms with Crippen LogP contribution in [0.2, 0.25) is 0 Å². The topological polar surface area (TPSA) is 58.9 Å². The zero-order valence-electron chi connectivity index (χ0n) is 21.4. The van der Waals surface area contributed by atoms with Gasteiger partial charge in [0, 0.05) is 34.3 Å². The van der Waals surface area contributed by atoms with Crippen LogP contribution in [0.25, 0.3) is 67.3 Å². The molecule has 7 rings (SSSR count). The summed E-state index contributed by atoms with van der Waals surface area (Å²) in [6, 6.07) is 31.6. The highest BCUT2D eigenvalue weighted by Crippen LogP contribution is 2.34. The molecule has 0 aliphatic carbocycles. The number of benzene rings is 3. The fourth-order valence-corrected chi connectivity index (χ4v) is 5.06. The van der Waals surface area contributed by atoms with Crippen molar-refractivity contribution in [3.05, 3.63) is 127 Å². The van der Waals surface area contributed by atoms with Gasteiger partial charge in [0.15, 0.2) is 5.65 Å². The van der Waals surface area contributed by atoms with Crippen molar-refractivity contribution in [1.82, 2.24) is 24.3 Å². The van der Waals surface area contributed by atoms with Gasteiger partial charge in [-0.2, -0.15) is 0 Å². The van der Waals surface area contributed by atoms with Gasteiger partial charge in [-0.1, -0.05) is 91.0 Å². The fraction of sp³-hybridized carbons (Fsp3) is 0.0294. The van der Waals surface area contributed by atoms with Gasteiger partial charge in [0.2, 0.25) is 0 Å². The number of imidazole rings is 2. The molecule has 0 unspecified atom stereocenters. The van der Waals surface area contributed by atoms with E-state index in [1.54, 1.807) is 0 Å². The van der Waals surface area contributed by atoms with Crippen LogP contribution in [-0.2, 0) is 0 Å². The van der Waals surface area contributed by atoms with Crippen LogP contribution in [0.5, 0.6) is 0 Å². The number of pyridine rings is 2. The summed E-state index contributed by atoms with van der Waals surface area (Å²) in [4.78, 5) is 18.0. The summed E-state index contributed by atoms with van der Waals surface area (Å²) in [6.07, 6.45) is 11.9. The molecule has 0 saturated heterocycles. The monoisotopic (exact) mass is 503 g/mol. The quantitative estimate of drug-likeness (QED) is 0.240. The molecule has 0 radical (unpaired) electrons. The second-order valence-electron chi connectivity index (χ2n) is 9.43. The maximum atomic E-state index is 5.16. The fourth-order valence-electron chi connectivity index (χ4n) is 5.06. The predicted octanol–water partition coefficient (Wildman–Crippen LogP) is 8.35. The number of fused-ring (bicyclic) bond motifs is 5. The van der Waals surface area contributed by atoms with Crippen molar-refractivity contribution in [2.45, 2.75) is 6.92 Å². The Morgan fingerprint density at radius 2 is 1.49 bits per heavy atom. The van der Waals surface area contributed by atoms with E-state index in [1.165, 1.54) is 0 Å². The Hall–Kier alpha value is -5.29. The summed E-state index contributed by atoms with van der Waals surface area (Å²) in [5.41, 5.74) is 9.00. The van der Waals surface area contributed by atoms with Gasteiger partial charge in [-0.05, 0) is 42.3 Å². The van der Waals surface area contributed by atoms with Gasteiger partial charge in [0.05, 0.1) is 11.4 Å². The number of H-pyrrole nitrogens is 1. The molecule has 1 N–H and O–H groups in total. The van der Waals surface area contributed by atoms with Gasteiger partial charge in [-0.25, -0.2) is 15.0 Å². The summed E-state index contributed by atoms with van der Waals surface area (Å²) >= 11 is 0. The second kappa shape index (κ2) is 9.54.